The summed E-state index contributed by atoms with van der Waals surface area (Å²) in [5.41, 5.74) is 4.43. The molecule has 0 aliphatic rings. The Bertz CT molecular complexity index is 884. The van der Waals surface area contributed by atoms with Crippen LogP contribution in [0.3, 0.4) is 0 Å². The molecule has 1 heterocycles. The van der Waals surface area contributed by atoms with E-state index in [2.05, 4.69) is 68.5 Å². The van der Waals surface area contributed by atoms with Gasteiger partial charge in [-0.25, -0.2) is 0 Å². The van der Waals surface area contributed by atoms with Gasteiger partial charge in [0.05, 0.1) is 12.4 Å². The first-order chi connectivity index (χ1) is 13.4. The highest BCUT2D eigenvalue weighted by Gasteiger charge is 2.10. The van der Waals surface area contributed by atoms with Crippen molar-refractivity contribution in [2.75, 3.05) is 38.0 Å². The molecule has 0 saturated carbocycles. The zero-order valence-electron chi connectivity index (χ0n) is 17.1. The summed E-state index contributed by atoms with van der Waals surface area (Å²) in [5, 5.41) is 9.07. The van der Waals surface area contributed by atoms with E-state index >= 15 is 0 Å². The van der Waals surface area contributed by atoms with E-state index in [0.29, 0.717) is 0 Å². The maximum Gasteiger partial charge on any atom is 0.304 e. The minimum Gasteiger partial charge on any atom is -0.378 e. The minimum absolute atomic E-state index is 0.919. The van der Waals surface area contributed by atoms with Crippen LogP contribution in [0.5, 0.6) is 0 Å². The van der Waals surface area contributed by atoms with Crippen LogP contribution < -0.4 is 14.5 Å². The summed E-state index contributed by atoms with van der Waals surface area (Å²) >= 11 is 0. The quantitative estimate of drug-likeness (QED) is 0.491. The van der Waals surface area contributed by atoms with Crippen molar-refractivity contribution in [1.29, 1.82) is 0 Å². The first kappa shape index (κ1) is 19.4. The maximum absolute atomic E-state index is 4.54. The molecule has 0 N–H and O–H groups in total. The lowest BCUT2D eigenvalue weighted by Crippen LogP contribution is -2.29. The number of rotatable bonds is 6. The zero-order valence-corrected chi connectivity index (χ0v) is 17.1. The second-order valence-corrected chi connectivity index (χ2v) is 7.00. The van der Waals surface area contributed by atoms with Crippen molar-refractivity contribution in [3.63, 3.8) is 0 Å². The first-order valence-electron chi connectivity index (χ1n) is 9.17. The molecule has 1 aromatic heterocycles. The van der Waals surface area contributed by atoms with Crippen LogP contribution in [-0.4, -0.2) is 45.3 Å². The second kappa shape index (κ2) is 8.52. The number of aromatic nitrogens is 2. The Morgan fingerprint density at radius 1 is 0.786 bits per heavy atom. The third-order valence-corrected chi connectivity index (χ3v) is 4.49. The molecule has 0 unspecified atom stereocenters. The molecule has 0 saturated heterocycles. The SMILES string of the molecule is Cc1n(/N=C\c2ccc(N(C)C)cc2)cc[n+]1/N=C\c1ccc(N(C)C)cc1. The van der Waals surface area contributed by atoms with Crippen molar-refractivity contribution in [3.05, 3.63) is 77.9 Å². The molecular weight excluding hydrogens is 348 g/mol. The third kappa shape index (κ3) is 4.65. The number of anilines is 2. The lowest BCUT2D eigenvalue weighted by molar-refractivity contribution is -0.684. The molecule has 144 valence electrons. The normalized spacial score (nSPS) is 11.5. The van der Waals surface area contributed by atoms with E-state index in [-0.39, 0.29) is 0 Å². The summed E-state index contributed by atoms with van der Waals surface area (Å²) in [6, 6.07) is 16.5. The van der Waals surface area contributed by atoms with Gasteiger partial charge in [-0.15, -0.1) is 9.35 Å². The Kier molecular flexibility index (Phi) is 5.89. The Morgan fingerprint density at radius 3 is 1.79 bits per heavy atom. The highest BCUT2D eigenvalue weighted by Crippen LogP contribution is 2.12. The average Bonchev–Trinajstić information content (AvgIpc) is 3.05. The van der Waals surface area contributed by atoms with Crippen molar-refractivity contribution >= 4 is 23.8 Å². The Morgan fingerprint density at radius 2 is 1.29 bits per heavy atom. The summed E-state index contributed by atoms with van der Waals surface area (Å²) in [6.07, 6.45) is 7.49. The van der Waals surface area contributed by atoms with Gasteiger partial charge < -0.3 is 9.80 Å². The van der Waals surface area contributed by atoms with E-state index in [0.717, 1.165) is 17.0 Å². The monoisotopic (exact) mass is 375 g/mol. The fourth-order valence-electron chi connectivity index (χ4n) is 2.67. The molecule has 3 aromatic rings. The number of nitrogens with zero attached hydrogens (tertiary/aromatic N) is 6. The molecule has 28 heavy (non-hydrogen) atoms. The summed E-state index contributed by atoms with van der Waals surface area (Å²) in [6.45, 7) is 1.99. The molecule has 6 nitrogen and oxygen atoms in total. The van der Waals surface area contributed by atoms with Crippen LogP contribution in [0, 0.1) is 6.92 Å². The molecule has 2 aromatic carbocycles. The van der Waals surface area contributed by atoms with Crippen LogP contribution >= 0.6 is 0 Å². The van der Waals surface area contributed by atoms with Crippen molar-refractivity contribution in [2.24, 2.45) is 10.2 Å². The molecule has 0 aliphatic carbocycles. The summed E-state index contributed by atoms with van der Waals surface area (Å²) in [7, 11) is 8.12. The number of hydrogen-bond donors (Lipinski definition) is 0. The van der Waals surface area contributed by atoms with Crippen LogP contribution in [0.2, 0.25) is 0 Å². The molecule has 0 radical (unpaired) electrons. The van der Waals surface area contributed by atoms with Gasteiger partial charge in [-0.3, -0.25) is 0 Å². The molecule has 0 atom stereocenters. The van der Waals surface area contributed by atoms with Gasteiger partial charge >= 0.3 is 5.82 Å². The second-order valence-electron chi connectivity index (χ2n) is 7.00. The summed E-state index contributed by atoms with van der Waals surface area (Å²) in [5.74, 6) is 0.919. The Labute approximate surface area is 166 Å². The van der Waals surface area contributed by atoms with E-state index in [9.17, 15) is 0 Å². The molecule has 0 bridgehead atoms. The van der Waals surface area contributed by atoms with Gasteiger partial charge in [0.15, 0.2) is 12.4 Å². The van der Waals surface area contributed by atoms with Crippen molar-refractivity contribution in [1.82, 2.24) is 4.68 Å². The lowest BCUT2D eigenvalue weighted by Gasteiger charge is -2.11. The zero-order chi connectivity index (χ0) is 20.1. The van der Waals surface area contributed by atoms with E-state index in [1.807, 2.05) is 69.3 Å². The fraction of sp³-hybridized carbons (Fsp3) is 0.227. The summed E-state index contributed by atoms with van der Waals surface area (Å²) in [4.78, 5) is 4.15. The van der Waals surface area contributed by atoms with Crippen molar-refractivity contribution < 1.29 is 4.68 Å². The van der Waals surface area contributed by atoms with E-state index in [4.69, 9.17) is 0 Å². The van der Waals surface area contributed by atoms with E-state index < -0.39 is 0 Å². The molecule has 0 spiro atoms. The Balaban J connectivity index is 1.70. The number of hydrogen-bond acceptors (Lipinski definition) is 4. The highest BCUT2D eigenvalue weighted by atomic mass is 15.5. The molecule has 0 amide bonds. The van der Waals surface area contributed by atoms with Crippen LogP contribution in [0.15, 0.2) is 71.1 Å². The van der Waals surface area contributed by atoms with Gasteiger partial charge in [0.1, 0.15) is 0 Å². The molecule has 0 fully saturated rings. The average molecular weight is 376 g/mol. The van der Waals surface area contributed by atoms with Crippen molar-refractivity contribution in [3.8, 4) is 0 Å². The molecular formula is C22H27N6+. The minimum atomic E-state index is 0.919. The number of benzene rings is 2. The predicted molar refractivity (Wildman–Crippen MR) is 117 cm³/mol. The van der Waals surface area contributed by atoms with Gasteiger partial charge in [-0.2, -0.15) is 0 Å². The Hall–Kier alpha value is -3.41. The highest BCUT2D eigenvalue weighted by molar-refractivity contribution is 5.80. The molecule has 0 aliphatic heterocycles. The molecule has 3 rings (SSSR count). The topological polar surface area (TPSA) is 40.0 Å². The smallest absolute Gasteiger partial charge is 0.304 e. The maximum atomic E-state index is 4.54. The van der Waals surface area contributed by atoms with Gasteiger partial charge in [0, 0.05) is 46.5 Å². The van der Waals surface area contributed by atoms with Gasteiger partial charge in [0.25, 0.3) is 0 Å². The third-order valence-electron chi connectivity index (χ3n) is 4.49. The van der Waals surface area contributed by atoms with Gasteiger partial charge in [0.2, 0.25) is 0 Å². The lowest BCUT2D eigenvalue weighted by atomic mass is 10.2. The van der Waals surface area contributed by atoms with E-state index in [1.165, 1.54) is 11.4 Å². The largest absolute Gasteiger partial charge is 0.378 e. The van der Waals surface area contributed by atoms with Crippen LogP contribution in [-0.2, 0) is 0 Å². The number of imidazole rings is 1. The van der Waals surface area contributed by atoms with Crippen LogP contribution in [0.1, 0.15) is 17.0 Å². The molecule has 6 heteroatoms. The predicted octanol–water partition coefficient (Wildman–Crippen LogP) is 2.98. The first-order valence-corrected chi connectivity index (χ1v) is 9.17. The standard InChI is InChI=1S/C22H27N6/c1-18-27(23-16-19-6-10-21(11-7-19)25(2)3)14-15-28(18)24-17-20-8-12-22(13-9-20)26(4)5/h6-17H,1-5H3/q+1/b23-16-,24-17-. The van der Waals surface area contributed by atoms with Crippen LogP contribution in [0.4, 0.5) is 11.4 Å². The van der Waals surface area contributed by atoms with E-state index in [1.54, 1.807) is 0 Å². The van der Waals surface area contributed by atoms with Crippen LogP contribution in [0.25, 0.3) is 0 Å². The van der Waals surface area contributed by atoms with Crippen molar-refractivity contribution in [2.45, 2.75) is 6.92 Å². The summed E-state index contributed by atoms with van der Waals surface area (Å²) < 4.78 is 3.62. The van der Waals surface area contributed by atoms with Gasteiger partial charge in [-0.1, -0.05) is 34.5 Å². The fourth-order valence-corrected chi connectivity index (χ4v) is 2.67. The van der Waals surface area contributed by atoms with Gasteiger partial charge in [-0.05, 0) is 35.4 Å².